The van der Waals surface area contributed by atoms with E-state index < -0.39 is 0 Å². The molecule has 0 spiro atoms. The molecule has 3 rings (SSSR count). The summed E-state index contributed by atoms with van der Waals surface area (Å²) in [6.45, 7) is 3.16. The molecule has 30 heavy (non-hydrogen) atoms. The monoisotopic (exact) mass is 404 g/mol. The van der Waals surface area contributed by atoms with Crippen molar-refractivity contribution in [1.29, 1.82) is 0 Å². The first-order valence-corrected chi connectivity index (χ1v) is 10.4. The Bertz CT molecular complexity index is 995. The van der Waals surface area contributed by atoms with Crippen LogP contribution in [0.3, 0.4) is 0 Å². The van der Waals surface area contributed by atoms with Crippen molar-refractivity contribution < 1.29 is 14.3 Å². The van der Waals surface area contributed by atoms with Crippen LogP contribution in [-0.4, -0.2) is 25.0 Å². The highest BCUT2D eigenvalue weighted by molar-refractivity contribution is 5.91. The van der Waals surface area contributed by atoms with Crippen molar-refractivity contribution in [2.24, 2.45) is 0 Å². The van der Waals surface area contributed by atoms with Crippen LogP contribution in [0.4, 0.5) is 0 Å². The summed E-state index contributed by atoms with van der Waals surface area (Å²) >= 11 is 0. The number of nitrogens with one attached hydrogen (secondary N) is 2. The molecule has 0 radical (unpaired) electrons. The molecule has 0 aliphatic heterocycles. The van der Waals surface area contributed by atoms with Gasteiger partial charge in [-0.1, -0.05) is 67.9 Å². The van der Waals surface area contributed by atoms with E-state index in [1.54, 1.807) is 0 Å². The van der Waals surface area contributed by atoms with E-state index in [9.17, 15) is 9.59 Å². The third kappa shape index (κ3) is 6.34. The Balaban J connectivity index is 1.44. The van der Waals surface area contributed by atoms with E-state index in [0.717, 1.165) is 40.5 Å². The third-order valence-electron chi connectivity index (χ3n) is 4.83. The maximum atomic E-state index is 12.3. The van der Waals surface area contributed by atoms with Crippen LogP contribution in [0.25, 0.3) is 10.8 Å². The summed E-state index contributed by atoms with van der Waals surface area (Å²) < 4.78 is 5.69. The van der Waals surface area contributed by atoms with Gasteiger partial charge in [-0.25, -0.2) is 0 Å². The molecule has 0 aliphatic carbocycles. The predicted molar refractivity (Wildman–Crippen MR) is 119 cm³/mol. The minimum atomic E-state index is -0.224. The molecule has 0 aliphatic rings. The second kappa shape index (κ2) is 11.0. The number of carbonyl (C=O) groups excluding carboxylic acids is 2. The summed E-state index contributed by atoms with van der Waals surface area (Å²) in [6, 6.07) is 21.6. The van der Waals surface area contributed by atoms with E-state index in [-0.39, 0.29) is 24.8 Å². The summed E-state index contributed by atoms with van der Waals surface area (Å²) in [5, 5.41) is 7.69. The van der Waals surface area contributed by atoms with Gasteiger partial charge < -0.3 is 15.4 Å². The first-order chi connectivity index (χ1) is 14.7. The molecule has 3 aromatic rings. The fourth-order valence-corrected chi connectivity index (χ4v) is 3.20. The SMILES string of the molecule is CCCCOc1cccc(CNC(=O)CNC(=O)Cc2cccc3ccccc23)c1. The van der Waals surface area contributed by atoms with Crippen LogP contribution in [0, 0.1) is 0 Å². The van der Waals surface area contributed by atoms with E-state index in [1.165, 1.54) is 0 Å². The molecule has 0 aromatic heterocycles. The first-order valence-electron chi connectivity index (χ1n) is 10.4. The largest absolute Gasteiger partial charge is 0.494 e. The maximum absolute atomic E-state index is 12.3. The Kier molecular flexibility index (Phi) is 7.84. The van der Waals surface area contributed by atoms with Crippen molar-refractivity contribution in [3.8, 4) is 5.75 Å². The second-order valence-corrected chi connectivity index (χ2v) is 7.22. The van der Waals surface area contributed by atoms with Gasteiger partial charge in [-0.15, -0.1) is 0 Å². The topological polar surface area (TPSA) is 67.4 Å². The van der Waals surface area contributed by atoms with Gasteiger partial charge in [-0.2, -0.15) is 0 Å². The van der Waals surface area contributed by atoms with Crippen LogP contribution in [0.5, 0.6) is 5.75 Å². The molecule has 3 aromatic carbocycles. The van der Waals surface area contributed by atoms with Crippen molar-refractivity contribution in [3.05, 3.63) is 77.9 Å². The lowest BCUT2D eigenvalue weighted by atomic mass is 10.0. The van der Waals surface area contributed by atoms with Gasteiger partial charge in [0.05, 0.1) is 19.6 Å². The van der Waals surface area contributed by atoms with Gasteiger partial charge in [0.1, 0.15) is 5.75 Å². The van der Waals surface area contributed by atoms with Gasteiger partial charge in [0, 0.05) is 6.54 Å². The zero-order valence-electron chi connectivity index (χ0n) is 17.3. The number of ether oxygens (including phenoxy) is 1. The average Bonchev–Trinajstić information content (AvgIpc) is 2.77. The number of carbonyl (C=O) groups is 2. The number of benzene rings is 3. The first kappa shape index (κ1) is 21.4. The van der Waals surface area contributed by atoms with Gasteiger partial charge in [0.25, 0.3) is 0 Å². The number of amides is 2. The summed E-state index contributed by atoms with van der Waals surface area (Å²) in [4.78, 5) is 24.4. The minimum absolute atomic E-state index is 0.0453. The van der Waals surface area contributed by atoms with E-state index in [2.05, 4.69) is 17.6 Å². The smallest absolute Gasteiger partial charge is 0.239 e. The lowest BCUT2D eigenvalue weighted by Gasteiger charge is -2.10. The van der Waals surface area contributed by atoms with Gasteiger partial charge >= 0.3 is 0 Å². The third-order valence-corrected chi connectivity index (χ3v) is 4.83. The Hall–Kier alpha value is -3.34. The number of fused-ring (bicyclic) bond motifs is 1. The minimum Gasteiger partial charge on any atom is -0.494 e. The maximum Gasteiger partial charge on any atom is 0.239 e. The van der Waals surface area contributed by atoms with Crippen LogP contribution in [0.15, 0.2) is 66.7 Å². The summed E-state index contributed by atoms with van der Waals surface area (Å²) in [5.74, 6) is 0.407. The summed E-state index contributed by atoms with van der Waals surface area (Å²) in [5.41, 5.74) is 1.91. The molecule has 0 bridgehead atoms. The highest BCUT2D eigenvalue weighted by atomic mass is 16.5. The number of rotatable bonds is 10. The molecule has 0 unspecified atom stereocenters. The zero-order chi connectivity index (χ0) is 21.2. The molecule has 156 valence electrons. The lowest BCUT2D eigenvalue weighted by Crippen LogP contribution is -2.37. The molecule has 5 heteroatoms. The molecule has 0 atom stereocenters. The average molecular weight is 405 g/mol. The molecule has 0 heterocycles. The van der Waals surface area contributed by atoms with Crippen LogP contribution in [-0.2, 0) is 22.6 Å². The van der Waals surface area contributed by atoms with E-state index in [1.807, 2.05) is 66.7 Å². The fraction of sp³-hybridized carbons (Fsp3) is 0.280. The van der Waals surface area contributed by atoms with Crippen molar-refractivity contribution >= 4 is 22.6 Å². The number of hydrogen-bond donors (Lipinski definition) is 2. The lowest BCUT2D eigenvalue weighted by molar-refractivity contribution is -0.125. The van der Waals surface area contributed by atoms with Gasteiger partial charge in [0.2, 0.25) is 11.8 Å². The molecule has 0 fully saturated rings. The Morgan fingerprint density at radius 2 is 1.70 bits per heavy atom. The Morgan fingerprint density at radius 1 is 0.900 bits per heavy atom. The summed E-state index contributed by atoms with van der Waals surface area (Å²) in [7, 11) is 0. The van der Waals surface area contributed by atoms with Gasteiger partial charge in [-0.3, -0.25) is 9.59 Å². The Labute approximate surface area is 177 Å². The predicted octanol–water partition coefficient (Wildman–Crippen LogP) is 3.99. The van der Waals surface area contributed by atoms with Crippen molar-refractivity contribution in [2.75, 3.05) is 13.2 Å². The second-order valence-electron chi connectivity index (χ2n) is 7.22. The fourth-order valence-electron chi connectivity index (χ4n) is 3.20. The highest BCUT2D eigenvalue weighted by Crippen LogP contribution is 2.18. The zero-order valence-corrected chi connectivity index (χ0v) is 17.3. The molecule has 2 amide bonds. The van der Waals surface area contributed by atoms with Gasteiger partial charge in [0.15, 0.2) is 0 Å². The van der Waals surface area contributed by atoms with Crippen LogP contribution in [0.1, 0.15) is 30.9 Å². The number of hydrogen-bond acceptors (Lipinski definition) is 3. The number of unbranched alkanes of at least 4 members (excludes halogenated alkanes) is 1. The van der Waals surface area contributed by atoms with Crippen molar-refractivity contribution in [1.82, 2.24) is 10.6 Å². The highest BCUT2D eigenvalue weighted by Gasteiger charge is 2.09. The molecule has 5 nitrogen and oxygen atoms in total. The molecular formula is C25H28N2O3. The van der Waals surface area contributed by atoms with E-state index >= 15 is 0 Å². The molecule has 0 saturated heterocycles. The standard InChI is InChI=1S/C25H28N2O3/c1-2-3-14-30-22-12-6-8-19(15-22)17-26-25(29)18-27-24(28)16-21-11-7-10-20-9-4-5-13-23(20)21/h4-13,15H,2-3,14,16-18H2,1H3,(H,26,29)(H,27,28). The van der Waals surface area contributed by atoms with Crippen LogP contribution < -0.4 is 15.4 Å². The van der Waals surface area contributed by atoms with E-state index in [4.69, 9.17) is 4.74 Å². The summed E-state index contributed by atoms with van der Waals surface area (Å²) in [6.07, 6.45) is 2.34. The quantitative estimate of drug-likeness (QED) is 0.502. The van der Waals surface area contributed by atoms with E-state index in [0.29, 0.717) is 13.2 Å². The molecular weight excluding hydrogens is 376 g/mol. The van der Waals surface area contributed by atoms with Crippen molar-refractivity contribution in [3.63, 3.8) is 0 Å². The van der Waals surface area contributed by atoms with Crippen LogP contribution in [0.2, 0.25) is 0 Å². The van der Waals surface area contributed by atoms with Crippen molar-refractivity contribution in [2.45, 2.75) is 32.7 Å². The van der Waals surface area contributed by atoms with Crippen LogP contribution >= 0.6 is 0 Å². The molecule has 0 saturated carbocycles. The normalized spacial score (nSPS) is 10.6. The molecule has 2 N–H and O–H groups in total. The van der Waals surface area contributed by atoms with Gasteiger partial charge in [-0.05, 0) is 40.5 Å². The Morgan fingerprint density at radius 3 is 2.57 bits per heavy atom.